The number of anilines is 1. The van der Waals surface area contributed by atoms with E-state index in [1.54, 1.807) is 12.4 Å². The van der Waals surface area contributed by atoms with Gasteiger partial charge in [0.25, 0.3) is 0 Å². The SMILES string of the molecule is Cc1c(CNC2CCCN(c3ncccn3)C2)[nH]c2ccc(Cl)cc12. The largest absolute Gasteiger partial charge is 0.357 e. The number of nitrogens with one attached hydrogen (secondary N) is 2. The van der Waals surface area contributed by atoms with Gasteiger partial charge < -0.3 is 15.2 Å². The smallest absolute Gasteiger partial charge is 0.225 e. The summed E-state index contributed by atoms with van der Waals surface area (Å²) in [6, 6.07) is 8.29. The molecular weight excluding hydrogens is 334 g/mol. The van der Waals surface area contributed by atoms with Gasteiger partial charge in [0.1, 0.15) is 0 Å². The first-order valence-corrected chi connectivity index (χ1v) is 9.10. The van der Waals surface area contributed by atoms with Crippen LogP contribution in [0.5, 0.6) is 0 Å². The van der Waals surface area contributed by atoms with E-state index in [1.165, 1.54) is 23.1 Å². The fourth-order valence-electron chi connectivity index (χ4n) is 3.56. The Labute approximate surface area is 152 Å². The van der Waals surface area contributed by atoms with Crippen LogP contribution in [-0.4, -0.2) is 34.1 Å². The summed E-state index contributed by atoms with van der Waals surface area (Å²) in [5.41, 5.74) is 3.64. The number of nitrogens with zero attached hydrogens (tertiary/aromatic N) is 3. The number of aromatic nitrogens is 3. The Morgan fingerprint density at radius 3 is 3.00 bits per heavy atom. The molecule has 3 heterocycles. The van der Waals surface area contributed by atoms with E-state index in [0.717, 1.165) is 42.5 Å². The highest BCUT2D eigenvalue weighted by molar-refractivity contribution is 6.31. The highest BCUT2D eigenvalue weighted by Gasteiger charge is 2.21. The fraction of sp³-hybridized carbons (Fsp3) is 0.368. The maximum absolute atomic E-state index is 6.13. The second-order valence-corrected chi connectivity index (χ2v) is 7.07. The van der Waals surface area contributed by atoms with Gasteiger partial charge >= 0.3 is 0 Å². The third kappa shape index (κ3) is 3.48. The Bertz CT molecular complexity index is 861. The number of piperidine rings is 1. The van der Waals surface area contributed by atoms with Crippen molar-refractivity contribution in [2.75, 3.05) is 18.0 Å². The van der Waals surface area contributed by atoms with E-state index < -0.39 is 0 Å². The monoisotopic (exact) mass is 355 g/mol. The highest BCUT2D eigenvalue weighted by atomic mass is 35.5. The van der Waals surface area contributed by atoms with Gasteiger partial charge in [0.2, 0.25) is 5.95 Å². The summed E-state index contributed by atoms with van der Waals surface area (Å²) in [5, 5.41) is 5.67. The second-order valence-electron chi connectivity index (χ2n) is 6.63. The van der Waals surface area contributed by atoms with Crippen molar-refractivity contribution in [1.82, 2.24) is 20.3 Å². The first-order chi connectivity index (χ1) is 12.2. The maximum atomic E-state index is 6.13. The lowest BCUT2D eigenvalue weighted by atomic mass is 10.1. The minimum atomic E-state index is 0.437. The number of hydrogen-bond acceptors (Lipinski definition) is 4. The predicted octanol–water partition coefficient (Wildman–Crippen LogP) is 3.68. The quantitative estimate of drug-likeness (QED) is 0.749. The van der Waals surface area contributed by atoms with Crippen molar-refractivity contribution in [3.63, 3.8) is 0 Å². The first-order valence-electron chi connectivity index (χ1n) is 8.73. The molecule has 2 N–H and O–H groups in total. The summed E-state index contributed by atoms with van der Waals surface area (Å²) >= 11 is 6.13. The van der Waals surface area contributed by atoms with Crippen LogP contribution in [-0.2, 0) is 6.54 Å². The lowest BCUT2D eigenvalue weighted by Crippen LogP contribution is -2.46. The average Bonchev–Trinajstić information content (AvgIpc) is 2.96. The van der Waals surface area contributed by atoms with E-state index in [9.17, 15) is 0 Å². The van der Waals surface area contributed by atoms with Crippen molar-refractivity contribution in [1.29, 1.82) is 0 Å². The van der Waals surface area contributed by atoms with E-state index in [-0.39, 0.29) is 0 Å². The number of aromatic amines is 1. The molecule has 0 spiro atoms. The molecule has 1 aliphatic heterocycles. The number of benzene rings is 1. The van der Waals surface area contributed by atoms with Crippen molar-refractivity contribution in [3.8, 4) is 0 Å². The van der Waals surface area contributed by atoms with E-state index >= 15 is 0 Å². The van der Waals surface area contributed by atoms with Crippen LogP contribution in [0.1, 0.15) is 24.1 Å². The van der Waals surface area contributed by atoms with Gasteiger partial charge in [-0.05, 0) is 49.6 Å². The molecule has 25 heavy (non-hydrogen) atoms. The maximum Gasteiger partial charge on any atom is 0.225 e. The summed E-state index contributed by atoms with van der Waals surface area (Å²) in [6.07, 6.45) is 5.93. The van der Waals surface area contributed by atoms with Gasteiger partial charge in [-0.3, -0.25) is 0 Å². The molecule has 0 bridgehead atoms. The van der Waals surface area contributed by atoms with Gasteiger partial charge in [-0.1, -0.05) is 11.6 Å². The third-order valence-corrected chi connectivity index (χ3v) is 5.18. The highest BCUT2D eigenvalue weighted by Crippen LogP contribution is 2.25. The molecule has 1 fully saturated rings. The van der Waals surface area contributed by atoms with Gasteiger partial charge in [-0.2, -0.15) is 0 Å². The standard InChI is InChI=1S/C19H22ClN5/c1-13-16-10-14(20)5-6-17(16)24-18(13)11-23-15-4-2-9-25(12-15)19-21-7-3-8-22-19/h3,5-8,10,15,23-24H,2,4,9,11-12H2,1H3. The topological polar surface area (TPSA) is 56.8 Å². The summed E-state index contributed by atoms with van der Waals surface area (Å²) in [6.45, 7) is 4.94. The molecule has 3 aromatic rings. The predicted molar refractivity (Wildman–Crippen MR) is 102 cm³/mol. The zero-order valence-corrected chi connectivity index (χ0v) is 15.1. The van der Waals surface area contributed by atoms with Crippen LogP contribution >= 0.6 is 11.6 Å². The number of hydrogen-bond donors (Lipinski definition) is 2. The lowest BCUT2D eigenvalue weighted by Gasteiger charge is -2.33. The fourth-order valence-corrected chi connectivity index (χ4v) is 3.73. The van der Waals surface area contributed by atoms with Crippen molar-refractivity contribution in [2.24, 2.45) is 0 Å². The van der Waals surface area contributed by atoms with E-state index in [0.29, 0.717) is 6.04 Å². The molecule has 0 aliphatic carbocycles. The number of halogens is 1. The minimum Gasteiger partial charge on any atom is -0.357 e. The molecular formula is C19H22ClN5. The van der Waals surface area contributed by atoms with Crippen LogP contribution in [0, 0.1) is 6.92 Å². The molecule has 130 valence electrons. The molecule has 1 aromatic carbocycles. The van der Waals surface area contributed by atoms with E-state index in [1.807, 2.05) is 24.3 Å². The molecule has 5 nitrogen and oxygen atoms in total. The molecule has 1 atom stereocenters. The van der Waals surface area contributed by atoms with E-state index in [4.69, 9.17) is 11.6 Å². The van der Waals surface area contributed by atoms with Crippen molar-refractivity contribution in [3.05, 3.63) is 52.9 Å². The molecule has 1 aliphatic rings. The van der Waals surface area contributed by atoms with Gasteiger partial charge in [-0.25, -0.2) is 9.97 Å². The van der Waals surface area contributed by atoms with Crippen LogP contribution in [0.4, 0.5) is 5.95 Å². The molecule has 6 heteroatoms. The Hall–Kier alpha value is -2.11. The number of fused-ring (bicyclic) bond motifs is 1. The van der Waals surface area contributed by atoms with Crippen LogP contribution in [0.2, 0.25) is 5.02 Å². The Balaban J connectivity index is 1.43. The average molecular weight is 356 g/mol. The van der Waals surface area contributed by atoms with E-state index in [2.05, 4.69) is 32.1 Å². The normalized spacial score (nSPS) is 18.0. The Morgan fingerprint density at radius 2 is 2.16 bits per heavy atom. The summed E-state index contributed by atoms with van der Waals surface area (Å²) in [4.78, 5) is 14.5. The van der Waals surface area contributed by atoms with Gasteiger partial charge in [-0.15, -0.1) is 0 Å². The summed E-state index contributed by atoms with van der Waals surface area (Å²) in [7, 11) is 0. The van der Waals surface area contributed by atoms with Crippen LogP contribution in [0.3, 0.4) is 0 Å². The molecule has 1 saturated heterocycles. The number of aryl methyl sites for hydroxylation is 1. The third-order valence-electron chi connectivity index (χ3n) is 4.95. The molecule has 4 rings (SSSR count). The molecule has 2 aromatic heterocycles. The first kappa shape index (κ1) is 16.4. The van der Waals surface area contributed by atoms with Gasteiger partial charge in [0.15, 0.2) is 0 Å². The summed E-state index contributed by atoms with van der Waals surface area (Å²) in [5.74, 6) is 0.824. The van der Waals surface area contributed by atoms with Crippen LogP contribution in [0.15, 0.2) is 36.7 Å². The minimum absolute atomic E-state index is 0.437. The van der Waals surface area contributed by atoms with Crippen LogP contribution in [0.25, 0.3) is 10.9 Å². The Morgan fingerprint density at radius 1 is 1.32 bits per heavy atom. The summed E-state index contributed by atoms with van der Waals surface area (Å²) < 4.78 is 0. The molecule has 0 radical (unpaired) electrons. The lowest BCUT2D eigenvalue weighted by molar-refractivity contribution is 0.416. The van der Waals surface area contributed by atoms with Crippen molar-refractivity contribution in [2.45, 2.75) is 32.4 Å². The Kier molecular flexibility index (Phi) is 4.59. The molecule has 0 amide bonds. The number of H-pyrrole nitrogens is 1. The number of rotatable bonds is 4. The van der Waals surface area contributed by atoms with Crippen molar-refractivity contribution >= 4 is 28.5 Å². The zero-order valence-electron chi connectivity index (χ0n) is 14.3. The van der Waals surface area contributed by atoms with Gasteiger partial charge in [0.05, 0.1) is 0 Å². The molecule has 0 saturated carbocycles. The van der Waals surface area contributed by atoms with Gasteiger partial charge in [0, 0.05) is 59.7 Å². The second kappa shape index (κ2) is 7.02. The zero-order chi connectivity index (χ0) is 17.2. The van der Waals surface area contributed by atoms with Crippen molar-refractivity contribution < 1.29 is 0 Å². The molecule has 1 unspecified atom stereocenters. The van der Waals surface area contributed by atoms with Crippen LogP contribution < -0.4 is 10.2 Å².